The van der Waals surface area contributed by atoms with Crippen LogP contribution in [0.1, 0.15) is 63.7 Å². The third kappa shape index (κ3) is 4.31. The summed E-state index contributed by atoms with van der Waals surface area (Å²) in [7, 11) is 0. The van der Waals surface area contributed by atoms with Crippen molar-refractivity contribution in [3.63, 3.8) is 0 Å². The van der Waals surface area contributed by atoms with Gasteiger partial charge in [-0.25, -0.2) is 17.6 Å². The Kier molecular flexibility index (Phi) is 7.86. The summed E-state index contributed by atoms with van der Waals surface area (Å²) in [6.07, 6.45) is -0.524. The van der Waals surface area contributed by atoms with Crippen LogP contribution >= 0.6 is 11.8 Å². The minimum Gasteiger partial charge on any atom is -0.449 e. The van der Waals surface area contributed by atoms with Gasteiger partial charge in [0, 0.05) is 29.1 Å². The Bertz CT molecular complexity index is 1440. The van der Waals surface area contributed by atoms with Gasteiger partial charge < -0.3 is 9.84 Å². The molecular weight excluding hydrogens is 588 g/mol. The fraction of sp³-hybridized carbons (Fsp3) is 0.562. The average molecular weight is 623 g/mol. The third-order valence-corrected chi connectivity index (χ3v) is 11.6. The fourth-order valence-electron chi connectivity index (χ4n) is 8.54. The highest BCUT2D eigenvalue weighted by Gasteiger charge is 2.78. The number of ether oxygens (including phenoxy) is 1. The summed E-state index contributed by atoms with van der Waals surface area (Å²) in [6, 6.07) is 2.95. The van der Waals surface area contributed by atoms with Crippen molar-refractivity contribution in [1.82, 2.24) is 0 Å². The Hall–Kier alpha value is -2.79. The number of alkyl halides is 2. The SMILES string of the molecule is CCC(=O)O[C@]1(C(=O)SCC(=O)c2c(F)cccc2F)[C@H](C)C[C@H]2[C@@H]3C[C@H](F)C4=CC(=O)C=C[C@]4(C)[C@@]3(F)[C@@H](O)C[C@@]21C. The standard InChI is InChI=1S/C32H34F4O6S/c1-5-26(40)42-32(28(41)43-15-24(38)27-21(33)7-6-8-22(27)34)16(2)11-18-19-13-23(35)20-12-17(37)9-10-29(20,3)31(19,36)25(39)14-30(18,32)4/h6-10,12,16,18-19,23,25,39H,5,11,13-15H2,1-4H3/t16-,18+,19+,23+,25+,29+,30+,31+,32+/m1/s1. The van der Waals surface area contributed by atoms with Crippen LogP contribution in [0.5, 0.6) is 0 Å². The highest BCUT2D eigenvalue weighted by Crippen LogP contribution is 2.72. The number of esters is 1. The highest BCUT2D eigenvalue weighted by molar-refractivity contribution is 8.14. The number of allylic oxidation sites excluding steroid dienone is 4. The summed E-state index contributed by atoms with van der Waals surface area (Å²) < 4.78 is 67.8. The van der Waals surface area contributed by atoms with E-state index in [1.54, 1.807) is 13.8 Å². The van der Waals surface area contributed by atoms with E-state index >= 15 is 8.78 Å². The highest BCUT2D eigenvalue weighted by atomic mass is 32.2. The molecule has 1 aromatic carbocycles. The number of Topliss-reactive ketones (excluding diaryl/α,β-unsaturated/α-hetero) is 1. The smallest absolute Gasteiger partial charge is 0.306 e. The van der Waals surface area contributed by atoms with E-state index in [1.807, 2.05) is 0 Å². The van der Waals surface area contributed by atoms with Gasteiger partial charge in [0.2, 0.25) is 5.12 Å². The lowest BCUT2D eigenvalue weighted by Crippen LogP contribution is -2.70. The van der Waals surface area contributed by atoms with E-state index in [1.165, 1.54) is 26.0 Å². The molecule has 0 saturated heterocycles. The van der Waals surface area contributed by atoms with Crippen LogP contribution < -0.4 is 0 Å². The van der Waals surface area contributed by atoms with E-state index in [4.69, 9.17) is 4.74 Å². The summed E-state index contributed by atoms with van der Waals surface area (Å²) in [5.74, 6) is -7.62. The molecule has 0 spiro atoms. The van der Waals surface area contributed by atoms with Crippen LogP contribution in [0.15, 0.2) is 42.0 Å². The van der Waals surface area contributed by atoms with Gasteiger partial charge in [0.25, 0.3) is 0 Å². The molecule has 9 atom stereocenters. The van der Waals surface area contributed by atoms with Crippen molar-refractivity contribution in [2.45, 2.75) is 76.9 Å². The molecule has 0 unspecified atom stereocenters. The molecule has 0 aromatic heterocycles. The number of carbonyl (C=O) groups excluding carboxylic acids is 4. The lowest BCUT2D eigenvalue weighted by Gasteiger charge is -2.63. The van der Waals surface area contributed by atoms with Crippen LogP contribution in [0.25, 0.3) is 0 Å². The van der Waals surface area contributed by atoms with Gasteiger partial charge >= 0.3 is 5.97 Å². The maximum atomic E-state index is 17.5. The predicted molar refractivity (Wildman–Crippen MR) is 150 cm³/mol. The Morgan fingerprint density at radius 1 is 1.12 bits per heavy atom. The molecule has 232 valence electrons. The number of halogens is 4. The van der Waals surface area contributed by atoms with E-state index in [2.05, 4.69) is 0 Å². The van der Waals surface area contributed by atoms with Gasteiger partial charge in [-0.2, -0.15) is 0 Å². The largest absolute Gasteiger partial charge is 0.449 e. The predicted octanol–water partition coefficient (Wildman–Crippen LogP) is 5.66. The summed E-state index contributed by atoms with van der Waals surface area (Å²) in [6.45, 7) is 6.26. The minimum absolute atomic E-state index is 0.0401. The summed E-state index contributed by atoms with van der Waals surface area (Å²) in [5.41, 5.74) is -8.21. The molecule has 3 fully saturated rings. The van der Waals surface area contributed by atoms with Crippen molar-refractivity contribution in [3.05, 3.63) is 59.2 Å². The van der Waals surface area contributed by atoms with E-state index < -0.39 is 97.7 Å². The molecule has 0 bridgehead atoms. The second-order valence-electron chi connectivity index (χ2n) is 12.7. The van der Waals surface area contributed by atoms with Gasteiger partial charge in [-0.05, 0) is 62.0 Å². The van der Waals surface area contributed by atoms with Crippen molar-refractivity contribution in [1.29, 1.82) is 0 Å². The lowest BCUT2D eigenvalue weighted by atomic mass is 9.44. The average Bonchev–Trinajstić information content (AvgIpc) is 3.16. The van der Waals surface area contributed by atoms with E-state index in [0.717, 1.165) is 24.3 Å². The normalized spacial score (nSPS) is 39.8. The van der Waals surface area contributed by atoms with E-state index in [-0.39, 0.29) is 31.3 Å². The Morgan fingerprint density at radius 3 is 2.40 bits per heavy atom. The first kappa shape index (κ1) is 31.6. The molecule has 43 heavy (non-hydrogen) atoms. The Morgan fingerprint density at radius 2 is 1.77 bits per heavy atom. The van der Waals surface area contributed by atoms with E-state index in [0.29, 0.717) is 11.8 Å². The van der Waals surface area contributed by atoms with Gasteiger partial charge in [-0.15, -0.1) is 0 Å². The zero-order valence-electron chi connectivity index (χ0n) is 24.3. The van der Waals surface area contributed by atoms with E-state index in [9.17, 15) is 33.1 Å². The summed E-state index contributed by atoms with van der Waals surface area (Å²) in [4.78, 5) is 51.9. The van der Waals surface area contributed by atoms with Gasteiger partial charge in [0.05, 0.1) is 17.4 Å². The first-order chi connectivity index (χ1) is 20.1. The second-order valence-corrected chi connectivity index (χ2v) is 13.6. The van der Waals surface area contributed by atoms with Crippen LogP contribution in [-0.2, 0) is 19.1 Å². The van der Waals surface area contributed by atoms with Crippen molar-refractivity contribution in [2.75, 3.05) is 5.75 Å². The number of hydrogen-bond acceptors (Lipinski definition) is 7. The fourth-order valence-corrected chi connectivity index (χ4v) is 9.64. The Labute approximate surface area is 251 Å². The Balaban J connectivity index is 1.55. The van der Waals surface area contributed by atoms with Gasteiger partial charge in [-0.1, -0.05) is 44.7 Å². The van der Waals surface area contributed by atoms with Crippen molar-refractivity contribution >= 4 is 34.4 Å². The second kappa shape index (κ2) is 10.7. The first-order valence-electron chi connectivity index (χ1n) is 14.4. The maximum absolute atomic E-state index is 17.5. The van der Waals surface area contributed by atoms with Crippen LogP contribution in [0.2, 0.25) is 0 Å². The molecular formula is C32H34F4O6S. The molecule has 4 aliphatic carbocycles. The third-order valence-electron chi connectivity index (χ3n) is 10.6. The molecule has 0 amide bonds. The lowest BCUT2D eigenvalue weighted by molar-refractivity contribution is -0.228. The molecule has 4 aliphatic rings. The van der Waals surface area contributed by atoms with Gasteiger partial charge in [0.15, 0.2) is 22.8 Å². The monoisotopic (exact) mass is 622 g/mol. The van der Waals surface area contributed by atoms with Crippen molar-refractivity contribution < 1.29 is 46.6 Å². The zero-order valence-corrected chi connectivity index (χ0v) is 25.1. The topological polar surface area (TPSA) is 97.7 Å². The maximum Gasteiger partial charge on any atom is 0.306 e. The van der Waals surface area contributed by atoms with Crippen LogP contribution in [0.3, 0.4) is 0 Å². The number of fused-ring (bicyclic) bond motifs is 5. The molecule has 6 nitrogen and oxygen atoms in total. The molecule has 1 aromatic rings. The quantitative estimate of drug-likeness (QED) is 0.248. The number of aliphatic hydroxyl groups is 1. The number of aliphatic hydroxyl groups excluding tert-OH is 1. The van der Waals surface area contributed by atoms with Crippen molar-refractivity contribution in [3.8, 4) is 0 Å². The zero-order chi connectivity index (χ0) is 31.7. The van der Waals surface area contributed by atoms with Crippen LogP contribution in [0, 0.1) is 40.2 Å². The first-order valence-corrected chi connectivity index (χ1v) is 15.4. The molecule has 0 radical (unpaired) electrons. The molecule has 0 heterocycles. The number of rotatable bonds is 6. The molecule has 3 saturated carbocycles. The molecule has 5 rings (SSSR count). The number of hydrogen-bond donors (Lipinski definition) is 1. The summed E-state index contributed by atoms with van der Waals surface area (Å²) in [5, 5.41) is 10.8. The summed E-state index contributed by atoms with van der Waals surface area (Å²) >= 11 is 0.445. The van der Waals surface area contributed by atoms with Crippen molar-refractivity contribution in [2.24, 2.45) is 28.6 Å². The number of benzene rings is 1. The van der Waals surface area contributed by atoms with Gasteiger partial charge in [-0.3, -0.25) is 19.2 Å². The minimum atomic E-state index is -2.40. The molecule has 1 N–H and O–H groups in total. The van der Waals surface area contributed by atoms with Crippen LogP contribution in [0.4, 0.5) is 17.6 Å². The number of thioether (sulfide) groups is 1. The van der Waals surface area contributed by atoms with Crippen LogP contribution in [-0.4, -0.2) is 57.1 Å². The number of ketones is 2. The molecule has 0 aliphatic heterocycles. The number of carbonyl (C=O) groups is 4. The van der Waals surface area contributed by atoms with Gasteiger partial charge in [0.1, 0.15) is 17.8 Å². The molecule has 11 heteroatoms.